The monoisotopic (exact) mass is 456 g/mol. The predicted octanol–water partition coefficient (Wildman–Crippen LogP) is 0.546. The zero-order valence-electron chi connectivity index (χ0n) is 17.9. The van der Waals surface area contributed by atoms with Crippen LogP contribution in [0.25, 0.3) is 0 Å². The van der Waals surface area contributed by atoms with Crippen LogP contribution >= 0.6 is 0 Å². The molecular weight excluding hydrogens is 432 g/mol. The van der Waals surface area contributed by atoms with Gasteiger partial charge in [-0.15, -0.1) is 0 Å². The van der Waals surface area contributed by atoms with Gasteiger partial charge in [0.05, 0.1) is 26.4 Å². The third kappa shape index (κ3) is 7.00. The molecule has 0 aromatic rings. The normalized spacial score (nSPS) is 13.2. The van der Waals surface area contributed by atoms with Crippen molar-refractivity contribution in [2.75, 3.05) is 26.4 Å². The van der Waals surface area contributed by atoms with Crippen molar-refractivity contribution < 1.29 is 47.7 Å². The topological polar surface area (TPSA) is 187 Å². The number of ketones is 2. The highest BCUT2D eigenvalue weighted by Crippen LogP contribution is 2.20. The molecule has 4 amide bonds. The molecule has 0 bridgehead atoms. The quantitative estimate of drug-likeness (QED) is 0.296. The van der Waals surface area contributed by atoms with Gasteiger partial charge in [0.25, 0.3) is 0 Å². The molecule has 0 aromatic heterocycles. The van der Waals surface area contributed by atoms with Crippen molar-refractivity contribution in [3.05, 3.63) is 22.8 Å². The van der Waals surface area contributed by atoms with Crippen molar-refractivity contribution >= 4 is 35.9 Å². The predicted molar refractivity (Wildman–Crippen MR) is 105 cm³/mol. The summed E-state index contributed by atoms with van der Waals surface area (Å²) >= 11 is 0. The average molecular weight is 456 g/mol. The highest BCUT2D eigenvalue weighted by atomic mass is 16.6. The lowest BCUT2D eigenvalue weighted by atomic mass is 9.99. The molecule has 14 nitrogen and oxygen atoms in total. The van der Waals surface area contributed by atoms with Gasteiger partial charge >= 0.3 is 24.4 Å². The second kappa shape index (κ2) is 12.6. The highest BCUT2D eigenvalue weighted by molar-refractivity contribution is 6.27. The molecule has 32 heavy (non-hydrogen) atoms. The van der Waals surface area contributed by atoms with E-state index in [0.717, 1.165) is 0 Å². The maximum absolute atomic E-state index is 13.1. The van der Waals surface area contributed by atoms with Crippen LogP contribution in [0.1, 0.15) is 27.7 Å². The molecule has 0 aliphatic heterocycles. The van der Waals surface area contributed by atoms with E-state index in [2.05, 4.69) is 0 Å². The van der Waals surface area contributed by atoms with Crippen LogP contribution < -0.4 is 21.3 Å². The Bertz CT molecular complexity index is 728. The Morgan fingerprint density at radius 1 is 0.500 bits per heavy atom. The van der Waals surface area contributed by atoms with Crippen molar-refractivity contribution in [2.24, 2.45) is 0 Å². The van der Waals surface area contributed by atoms with Crippen LogP contribution in [-0.2, 0) is 28.5 Å². The molecule has 14 heteroatoms. The average Bonchev–Trinajstić information content (AvgIpc) is 2.72. The van der Waals surface area contributed by atoms with Gasteiger partial charge in [-0.1, -0.05) is 0 Å². The Balaban J connectivity index is 3.53. The van der Waals surface area contributed by atoms with Crippen LogP contribution in [-0.4, -0.2) is 62.4 Å². The number of carbonyl (C=O) groups is 6. The van der Waals surface area contributed by atoms with E-state index in [1.54, 1.807) is 0 Å². The number of amides is 4. The van der Waals surface area contributed by atoms with E-state index in [9.17, 15) is 28.8 Å². The van der Waals surface area contributed by atoms with E-state index in [-0.39, 0.29) is 26.4 Å². The van der Waals surface area contributed by atoms with Crippen molar-refractivity contribution in [1.29, 1.82) is 0 Å². The van der Waals surface area contributed by atoms with Gasteiger partial charge in [-0.3, -0.25) is 30.9 Å². The smallest absolute Gasteiger partial charge is 0.411 e. The first kappa shape index (κ1) is 25.9. The van der Waals surface area contributed by atoms with Crippen LogP contribution in [0.15, 0.2) is 22.8 Å². The molecule has 0 spiro atoms. The summed E-state index contributed by atoms with van der Waals surface area (Å²) in [5, 5.41) is 8.16. The van der Waals surface area contributed by atoms with Gasteiger partial charge in [-0.25, -0.2) is 19.2 Å². The summed E-state index contributed by atoms with van der Waals surface area (Å²) in [5.41, 5.74) is -2.93. The maximum Gasteiger partial charge on any atom is 0.411 e. The van der Waals surface area contributed by atoms with E-state index < -0.39 is 58.7 Å². The molecule has 0 fully saturated rings. The number of Topliss-reactive ketones (excluding diaryl/α,β-unsaturated/α-hetero) is 2. The molecule has 0 radical (unpaired) electrons. The molecule has 176 valence electrons. The highest BCUT2D eigenvalue weighted by Gasteiger charge is 2.39. The van der Waals surface area contributed by atoms with Crippen molar-refractivity contribution in [1.82, 2.24) is 21.3 Å². The molecule has 1 aliphatic rings. The summed E-state index contributed by atoms with van der Waals surface area (Å²) in [4.78, 5) is 73.7. The molecule has 1 rings (SSSR count). The van der Waals surface area contributed by atoms with Gasteiger partial charge < -0.3 is 18.9 Å². The van der Waals surface area contributed by atoms with E-state index in [4.69, 9.17) is 18.9 Å². The molecule has 0 aromatic carbocycles. The van der Waals surface area contributed by atoms with Gasteiger partial charge in [0.1, 0.15) is 22.8 Å². The third-order valence-electron chi connectivity index (χ3n) is 3.42. The lowest BCUT2D eigenvalue weighted by molar-refractivity contribution is -0.117. The first-order chi connectivity index (χ1) is 15.2. The molecular formula is C18H24N4O10. The third-order valence-corrected chi connectivity index (χ3v) is 3.42. The van der Waals surface area contributed by atoms with Gasteiger partial charge in [0.15, 0.2) is 0 Å². The summed E-state index contributed by atoms with van der Waals surface area (Å²) in [5.74, 6) is -2.30. The molecule has 4 N–H and O–H groups in total. The summed E-state index contributed by atoms with van der Waals surface area (Å²) in [6.45, 7) is 5.71. The van der Waals surface area contributed by atoms with Crippen molar-refractivity contribution in [3.8, 4) is 0 Å². The Morgan fingerprint density at radius 2 is 0.688 bits per heavy atom. The molecule has 0 heterocycles. The molecule has 1 aliphatic carbocycles. The Kier molecular flexibility index (Phi) is 10.2. The van der Waals surface area contributed by atoms with Gasteiger partial charge in [0.2, 0.25) is 11.6 Å². The fraction of sp³-hybridized carbons (Fsp3) is 0.444. The number of hydrogen-bond donors (Lipinski definition) is 4. The largest absolute Gasteiger partial charge is 0.450 e. The van der Waals surface area contributed by atoms with Crippen LogP contribution in [0.3, 0.4) is 0 Å². The van der Waals surface area contributed by atoms with Gasteiger partial charge in [0, 0.05) is 0 Å². The SMILES string of the molecule is CCOC(=O)NC1=C(NC(=O)OCC)C(=O)C(NC(=O)OCC)=C(NC(=O)OCC)C1=O. The zero-order valence-corrected chi connectivity index (χ0v) is 17.9. The zero-order chi connectivity index (χ0) is 24.3. The second-order valence-corrected chi connectivity index (χ2v) is 5.54. The minimum atomic E-state index is -1.15. The Labute approximate surface area is 182 Å². The summed E-state index contributed by atoms with van der Waals surface area (Å²) in [7, 11) is 0. The minimum absolute atomic E-state index is 0.0681. The number of nitrogens with one attached hydrogen (secondary N) is 4. The van der Waals surface area contributed by atoms with Crippen LogP contribution in [0.2, 0.25) is 0 Å². The standard InChI is InChI=1S/C18H24N4O10/c1-5-29-15(25)19-9-10(20-16(26)30-6-2)14(24)12(22-18(28)32-8-4)11(13(9)23)21-17(27)31-7-3/h5-8H2,1-4H3,(H,19,25)(H,20,26)(H,21,27)(H,22,28). The molecule has 0 atom stereocenters. The number of hydrogen-bond acceptors (Lipinski definition) is 10. The second-order valence-electron chi connectivity index (χ2n) is 5.54. The first-order valence-electron chi connectivity index (χ1n) is 9.52. The summed E-state index contributed by atoms with van der Waals surface area (Å²) in [6.07, 6.45) is -4.48. The number of carbonyl (C=O) groups excluding carboxylic acids is 6. The lowest BCUT2D eigenvalue weighted by Crippen LogP contribution is -2.47. The fourth-order valence-electron chi connectivity index (χ4n) is 2.26. The van der Waals surface area contributed by atoms with Gasteiger partial charge in [-0.2, -0.15) is 0 Å². The Morgan fingerprint density at radius 3 is 0.844 bits per heavy atom. The number of rotatable bonds is 8. The first-order valence-corrected chi connectivity index (χ1v) is 9.52. The fourth-order valence-corrected chi connectivity index (χ4v) is 2.26. The van der Waals surface area contributed by atoms with E-state index in [1.807, 2.05) is 21.3 Å². The van der Waals surface area contributed by atoms with Crippen LogP contribution in [0, 0.1) is 0 Å². The van der Waals surface area contributed by atoms with Crippen molar-refractivity contribution in [2.45, 2.75) is 27.7 Å². The number of alkyl carbamates (subject to hydrolysis) is 4. The summed E-state index contributed by atoms with van der Waals surface area (Å²) in [6, 6.07) is 0. The van der Waals surface area contributed by atoms with E-state index >= 15 is 0 Å². The van der Waals surface area contributed by atoms with E-state index in [1.165, 1.54) is 27.7 Å². The minimum Gasteiger partial charge on any atom is -0.450 e. The molecule has 0 saturated carbocycles. The van der Waals surface area contributed by atoms with Crippen LogP contribution in [0.5, 0.6) is 0 Å². The lowest BCUT2D eigenvalue weighted by Gasteiger charge is -2.24. The number of ether oxygens (including phenoxy) is 4. The molecule has 0 saturated heterocycles. The van der Waals surface area contributed by atoms with Crippen molar-refractivity contribution in [3.63, 3.8) is 0 Å². The molecule has 0 unspecified atom stereocenters. The maximum atomic E-state index is 13.1. The van der Waals surface area contributed by atoms with Gasteiger partial charge in [-0.05, 0) is 27.7 Å². The Hall–Kier alpha value is -4.10. The summed E-state index contributed by atoms with van der Waals surface area (Å²) < 4.78 is 18.8. The van der Waals surface area contributed by atoms with Crippen LogP contribution in [0.4, 0.5) is 19.2 Å². The van der Waals surface area contributed by atoms with E-state index in [0.29, 0.717) is 0 Å².